The lowest BCUT2D eigenvalue weighted by Crippen LogP contribution is -2.38. The van der Waals surface area contributed by atoms with Crippen molar-refractivity contribution in [3.8, 4) is 0 Å². The molecule has 1 aliphatic carbocycles. The Morgan fingerprint density at radius 2 is 2.19 bits per heavy atom. The molecular formula is C10H16N4O2. The predicted molar refractivity (Wildman–Crippen MR) is 56.7 cm³/mol. The second-order valence-corrected chi connectivity index (χ2v) is 4.26. The molecule has 0 bridgehead atoms. The molecule has 1 saturated carbocycles. The molecule has 1 fully saturated rings. The highest BCUT2D eigenvalue weighted by atomic mass is 16.3. The van der Waals surface area contributed by atoms with E-state index in [0.717, 1.165) is 25.7 Å². The fourth-order valence-corrected chi connectivity index (χ4v) is 1.93. The summed E-state index contributed by atoms with van der Waals surface area (Å²) in [6.07, 6.45) is 4.55. The fourth-order valence-electron chi connectivity index (χ4n) is 1.93. The largest absolute Gasteiger partial charge is 0.393 e. The standard InChI is InChI=1S/C10H16N4O2/c1-14-6-9(12-13-14)10(16)11-7-2-4-8(15)5-3-7/h6-8,15H,2-5H2,1H3,(H,11,16). The molecule has 0 saturated heterocycles. The number of amides is 1. The number of hydrogen-bond acceptors (Lipinski definition) is 4. The second kappa shape index (κ2) is 4.61. The maximum absolute atomic E-state index is 11.7. The highest BCUT2D eigenvalue weighted by Gasteiger charge is 2.22. The molecule has 16 heavy (non-hydrogen) atoms. The van der Waals surface area contributed by atoms with Crippen LogP contribution in [0.1, 0.15) is 36.2 Å². The number of carbonyl (C=O) groups is 1. The molecule has 1 aromatic heterocycles. The minimum absolute atomic E-state index is 0.151. The lowest BCUT2D eigenvalue weighted by molar-refractivity contribution is 0.0863. The van der Waals surface area contributed by atoms with Crippen LogP contribution in [0.25, 0.3) is 0 Å². The minimum Gasteiger partial charge on any atom is -0.393 e. The van der Waals surface area contributed by atoms with Crippen molar-refractivity contribution in [2.75, 3.05) is 0 Å². The van der Waals surface area contributed by atoms with Crippen LogP contribution in [0, 0.1) is 0 Å². The lowest BCUT2D eigenvalue weighted by Gasteiger charge is -2.25. The van der Waals surface area contributed by atoms with Crippen LogP contribution in [0.2, 0.25) is 0 Å². The molecule has 88 valence electrons. The van der Waals surface area contributed by atoms with E-state index >= 15 is 0 Å². The van der Waals surface area contributed by atoms with E-state index in [1.165, 1.54) is 4.68 Å². The van der Waals surface area contributed by atoms with Crippen LogP contribution >= 0.6 is 0 Å². The number of nitrogens with one attached hydrogen (secondary N) is 1. The molecule has 1 heterocycles. The molecule has 0 radical (unpaired) electrons. The van der Waals surface area contributed by atoms with Gasteiger partial charge in [-0.25, -0.2) is 0 Å². The van der Waals surface area contributed by atoms with Crippen molar-refractivity contribution in [2.45, 2.75) is 37.8 Å². The molecule has 6 heteroatoms. The summed E-state index contributed by atoms with van der Waals surface area (Å²) in [5.41, 5.74) is 0.341. The van der Waals surface area contributed by atoms with Crippen molar-refractivity contribution < 1.29 is 9.90 Å². The van der Waals surface area contributed by atoms with Crippen molar-refractivity contribution in [3.63, 3.8) is 0 Å². The highest BCUT2D eigenvalue weighted by Crippen LogP contribution is 2.18. The molecule has 0 aromatic carbocycles. The molecule has 2 N–H and O–H groups in total. The van der Waals surface area contributed by atoms with Gasteiger partial charge in [-0.05, 0) is 25.7 Å². The molecule has 0 aliphatic heterocycles. The maximum atomic E-state index is 11.7. The third kappa shape index (κ3) is 2.57. The maximum Gasteiger partial charge on any atom is 0.273 e. The third-order valence-electron chi connectivity index (χ3n) is 2.87. The number of aliphatic hydroxyl groups excluding tert-OH is 1. The lowest BCUT2D eigenvalue weighted by atomic mass is 9.93. The van der Waals surface area contributed by atoms with E-state index in [4.69, 9.17) is 0 Å². The van der Waals surface area contributed by atoms with Crippen molar-refractivity contribution >= 4 is 5.91 Å². The van der Waals surface area contributed by atoms with Gasteiger partial charge in [-0.3, -0.25) is 9.48 Å². The number of nitrogens with zero attached hydrogens (tertiary/aromatic N) is 3. The Morgan fingerprint density at radius 3 is 2.75 bits per heavy atom. The SMILES string of the molecule is Cn1cc(C(=O)NC2CCC(O)CC2)nn1. The quantitative estimate of drug-likeness (QED) is 0.732. The Hall–Kier alpha value is -1.43. The van der Waals surface area contributed by atoms with Gasteiger partial charge in [0.25, 0.3) is 5.91 Å². The molecule has 2 rings (SSSR count). The van der Waals surface area contributed by atoms with Crippen molar-refractivity contribution in [1.82, 2.24) is 20.3 Å². The number of aryl methyl sites for hydroxylation is 1. The summed E-state index contributed by atoms with van der Waals surface area (Å²) in [5.74, 6) is -0.186. The summed E-state index contributed by atoms with van der Waals surface area (Å²) in [6.45, 7) is 0. The molecule has 0 unspecified atom stereocenters. The number of aromatic nitrogens is 3. The van der Waals surface area contributed by atoms with Gasteiger partial charge in [0.15, 0.2) is 5.69 Å². The minimum atomic E-state index is -0.204. The molecule has 1 amide bonds. The fraction of sp³-hybridized carbons (Fsp3) is 0.700. The van der Waals surface area contributed by atoms with E-state index < -0.39 is 0 Å². The monoisotopic (exact) mass is 224 g/mol. The van der Waals surface area contributed by atoms with Crippen molar-refractivity contribution in [1.29, 1.82) is 0 Å². The van der Waals surface area contributed by atoms with E-state index in [-0.39, 0.29) is 18.1 Å². The van der Waals surface area contributed by atoms with Gasteiger partial charge in [-0.2, -0.15) is 0 Å². The molecule has 0 atom stereocenters. The Bertz CT molecular complexity index is 369. The predicted octanol–water partition coefficient (Wildman–Crippen LogP) is -0.152. The zero-order valence-corrected chi connectivity index (χ0v) is 9.26. The third-order valence-corrected chi connectivity index (χ3v) is 2.87. The van der Waals surface area contributed by atoms with Crippen molar-refractivity contribution in [3.05, 3.63) is 11.9 Å². The van der Waals surface area contributed by atoms with Crippen molar-refractivity contribution in [2.24, 2.45) is 7.05 Å². The van der Waals surface area contributed by atoms with Gasteiger partial charge in [-0.15, -0.1) is 5.10 Å². The molecule has 6 nitrogen and oxygen atoms in total. The summed E-state index contributed by atoms with van der Waals surface area (Å²) in [7, 11) is 1.72. The Morgan fingerprint density at radius 1 is 1.50 bits per heavy atom. The summed E-state index contributed by atoms with van der Waals surface area (Å²) < 4.78 is 1.50. The first kappa shape index (κ1) is 11.1. The number of hydrogen-bond donors (Lipinski definition) is 2. The zero-order chi connectivity index (χ0) is 11.5. The van der Waals surface area contributed by atoms with Gasteiger partial charge in [0.1, 0.15) is 0 Å². The number of aliphatic hydroxyl groups is 1. The first-order valence-corrected chi connectivity index (χ1v) is 5.50. The average Bonchev–Trinajstić information content (AvgIpc) is 2.68. The zero-order valence-electron chi connectivity index (χ0n) is 9.26. The molecule has 1 aliphatic rings. The average molecular weight is 224 g/mol. The summed E-state index contributed by atoms with van der Waals surface area (Å²) in [5, 5.41) is 19.7. The Labute approximate surface area is 93.6 Å². The Kier molecular flexibility index (Phi) is 3.19. The van der Waals surface area contributed by atoms with Gasteiger partial charge in [0, 0.05) is 13.1 Å². The first-order chi connectivity index (χ1) is 7.65. The molecule has 1 aromatic rings. The smallest absolute Gasteiger partial charge is 0.273 e. The highest BCUT2D eigenvalue weighted by molar-refractivity contribution is 5.92. The van der Waals surface area contributed by atoms with E-state index in [9.17, 15) is 9.90 Å². The van der Waals surface area contributed by atoms with Gasteiger partial charge < -0.3 is 10.4 Å². The van der Waals surface area contributed by atoms with E-state index in [1.807, 2.05) is 0 Å². The van der Waals surface area contributed by atoms with Gasteiger partial charge in [0.05, 0.1) is 12.3 Å². The first-order valence-electron chi connectivity index (χ1n) is 5.50. The van der Waals surface area contributed by atoms with E-state index in [0.29, 0.717) is 5.69 Å². The van der Waals surface area contributed by atoms with Crippen LogP contribution in [0.15, 0.2) is 6.20 Å². The van der Waals surface area contributed by atoms with E-state index in [1.54, 1.807) is 13.2 Å². The van der Waals surface area contributed by atoms with Crippen LogP contribution in [-0.4, -0.2) is 38.2 Å². The topological polar surface area (TPSA) is 80.0 Å². The number of carbonyl (C=O) groups excluding carboxylic acids is 1. The van der Waals surface area contributed by atoms with Crippen LogP contribution < -0.4 is 5.32 Å². The van der Waals surface area contributed by atoms with Crippen LogP contribution in [0.4, 0.5) is 0 Å². The summed E-state index contributed by atoms with van der Waals surface area (Å²) >= 11 is 0. The normalized spacial score (nSPS) is 25.4. The number of rotatable bonds is 2. The Balaban J connectivity index is 1.88. The summed E-state index contributed by atoms with van der Waals surface area (Å²) in [6, 6.07) is 0.151. The molecular weight excluding hydrogens is 208 g/mol. The van der Waals surface area contributed by atoms with Crippen LogP contribution in [0.3, 0.4) is 0 Å². The van der Waals surface area contributed by atoms with Gasteiger partial charge >= 0.3 is 0 Å². The molecule has 0 spiro atoms. The van der Waals surface area contributed by atoms with Gasteiger partial charge in [-0.1, -0.05) is 5.21 Å². The van der Waals surface area contributed by atoms with E-state index in [2.05, 4.69) is 15.6 Å². The van der Waals surface area contributed by atoms with Crippen LogP contribution in [0.5, 0.6) is 0 Å². The second-order valence-electron chi connectivity index (χ2n) is 4.26. The summed E-state index contributed by atoms with van der Waals surface area (Å²) in [4.78, 5) is 11.7. The van der Waals surface area contributed by atoms with Crippen LogP contribution in [-0.2, 0) is 7.05 Å². The van der Waals surface area contributed by atoms with Gasteiger partial charge in [0.2, 0.25) is 0 Å².